The van der Waals surface area contributed by atoms with Gasteiger partial charge in [0.1, 0.15) is 5.75 Å². The van der Waals surface area contributed by atoms with Crippen LogP contribution in [0, 0.1) is 5.41 Å². The van der Waals surface area contributed by atoms with Crippen molar-refractivity contribution in [1.29, 1.82) is 0 Å². The van der Waals surface area contributed by atoms with Gasteiger partial charge in [0.25, 0.3) is 5.91 Å². The lowest BCUT2D eigenvalue weighted by atomic mass is 9.90. The molecule has 1 aliphatic carbocycles. The lowest BCUT2D eigenvalue weighted by molar-refractivity contribution is -0.123. The molecule has 21 heavy (non-hydrogen) atoms. The zero-order valence-corrected chi connectivity index (χ0v) is 12.9. The van der Waals surface area contributed by atoms with Crippen LogP contribution >= 0.6 is 0 Å². The maximum absolute atomic E-state index is 11.8. The molecule has 1 aromatic rings. The van der Waals surface area contributed by atoms with Crippen LogP contribution in [0.25, 0.3) is 0 Å². The van der Waals surface area contributed by atoms with E-state index in [9.17, 15) is 4.79 Å². The lowest BCUT2D eigenvalue weighted by Gasteiger charge is -2.23. The van der Waals surface area contributed by atoms with Crippen molar-refractivity contribution in [3.63, 3.8) is 0 Å². The molecular weight excluding hydrogens is 266 g/mol. The third kappa shape index (κ3) is 4.74. The zero-order chi connectivity index (χ0) is 15.3. The maximum Gasteiger partial charge on any atom is 0.257 e. The van der Waals surface area contributed by atoms with E-state index < -0.39 is 0 Å². The van der Waals surface area contributed by atoms with Gasteiger partial charge in [0.15, 0.2) is 6.61 Å². The summed E-state index contributed by atoms with van der Waals surface area (Å²) in [4.78, 5) is 11.8. The van der Waals surface area contributed by atoms with E-state index in [1.165, 1.54) is 17.5 Å². The summed E-state index contributed by atoms with van der Waals surface area (Å²) in [5.41, 5.74) is 2.65. The van der Waals surface area contributed by atoms with Crippen molar-refractivity contribution in [2.45, 2.75) is 39.5 Å². The van der Waals surface area contributed by atoms with Gasteiger partial charge in [-0.25, -0.2) is 0 Å². The van der Waals surface area contributed by atoms with Gasteiger partial charge in [0, 0.05) is 13.2 Å². The molecule has 2 N–H and O–H groups in total. The lowest BCUT2D eigenvalue weighted by Crippen LogP contribution is -2.37. The van der Waals surface area contributed by atoms with Gasteiger partial charge in [-0.05, 0) is 54.4 Å². The standard InChI is InChI=1S/C17H25NO3/c1-17(2,8-9-19)12-18-16(20)11-21-15-7-6-13-4-3-5-14(13)10-15/h6-7,10,19H,3-5,8-9,11-12H2,1-2H3,(H,18,20). The first kappa shape index (κ1) is 15.8. The number of benzene rings is 1. The van der Waals surface area contributed by atoms with Crippen LogP contribution in [0.5, 0.6) is 5.75 Å². The van der Waals surface area contributed by atoms with Crippen molar-refractivity contribution in [3.05, 3.63) is 29.3 Å². The van der Waals surface area contributed by atoms with E-state index in [0.29, 0.717) is 13.0 Å². The van der Waals surface area contributed by atoms with Crippen LogP contribution in [0.4, 0.5) is 0 Å². The van der Waals surface area contributed by atoms with Gasteiger partial charge in [-0.15, -0.1) is 0 Å². The van der Waals surface area contributed by atoms with Crippen molar-refractivity contribution >= 4 is 5.91 Å². The van der Waals surface area contributed by atoms with Crippen LogP contribution in [-0.2, 0) is 17.6 Å². The van der Waals surface area contributed by atoms with Crippen LogP contribution in [0.2, 0.25) is 0 Å². The number of ether oxygens (including phenoxy) is 1. The molecule has 4 nitrogen and oxygen atoms in total. The second kappa shape index (κ2) is 6.94. The number of hydrogen-bond acceptors (Lipinski definition) is 3. The van der Waals surface area contributed by atoms with Gasteiger partial charge in [0.05, 0.1) is 0 Å². The predicted octanol–water partition coefficient (Wildman–Crippen LogP) is 2.08. The summed E-state index contributed by atoms with van der Waals surface area (Å²) in [5, 5.41) is 11.8. The first-order chi connectivity index (χ1) is 10.00. The summed E-state index contributed by atoms with van der Waals surface area (Å²) in [7, 11) is 0. The van der Waals surface area contributed by atoms with Gasteiger partial charge < -0.3 is 15.2 Å². The fraction of sp³-hybridized carbons (Fsp3) is 0.588. The Balaban J connectivity index is 1.76. The van der Waals surface area contributed by atoms with Gasteiger partial charge in [-0.3, -0.25) is 4.79 Å². The average molecular weight is 291 g/mol. The summed E-state index contributed by atoms with van der Waals surface area (Å²) < 4.78 is 5.56. The highest BCUT2D eigenvalue weighted by molar-refractivity contribution is 5.77. The molecule has 0 aliphatic heterocycles. The Morgan fingerprint density at radius 1 is 1.33 bits per heavy atom. The number of fused-ring (bicyclic) bond motifs is 1. The third-order valence-electron chi connectivity index (χ3n) is 3.99. The molecule has 0 saturated heterocycles. The van der Waals surface area contributed by atoms with E-state index in [2.05, 4.69) is 11.4 Å². The molecule has 0 aromatic heterocycles. The minimum absolute atomic E-state index is 0.0357. The Labute approximate surface area is 126 Å². The first-order valence-corrected chi connectivity index (χ1v) is 7.62. The molecule has 116 valence electrons. The van der Waals surface area contributed by atoms with E-state index >= 15 is 0 Å². The van der Waals surface area contributed by atoms with Gasteiger partial charge in [-0.2, -0.15) is 0 Å². The predicted molar refractivity (Wildman–Crippen MR) is 82.5 cm³/mol. The largest absolute Gasteiger partial charge is 0.484 e. The number of carbonyl (C=O) groups excluding carboxylic acids is 1. The molecule has 0 heterocycles. The molecule has 2 rings (SSSR count). The van der Waals surface area contributed by atoms with Crippen LogP contribution in [-0.4, -0.2) is 30.8 Å². The first-order valence-electron chi connectivity index (χ1n) is 7.62. The van der Waals surface area contributed by atoms with Crippen LogP contribution in [0.3, 0.4) is 0 Å². The second-order valence-electron chi connectivity index (χ2n) is 6.49. The van der Waals surface area contributed by atoms with E-state index in [0.717, 1.165) is 18.6 Å². The van der Waals surface area contributed by atoms with E-state index in [4.69, 9.17) is 9.84 Å². The highest BCUT2D eigenvalue weighted by Crippen LogP contribution is 2.26. The molecule has 0 spiro atoms. The second-order valence-corrected chi connectivity index (χ2v) is 6.49. The number of aryl methyl sites for hydroxylation is 2. The van der Waals surface area contributed by atoms with E-state index in [-0.39, 0.29) is 24.5 Å². The molecule has 0 saturated carbocycles. The highest BCUT2D eigenvalue weighted by Gasteiger charge is 2.18. The molecule has 0 bridgehead atoms. The minimum Gasteiger partial charge on any atom is -0.484 e. The number of aliphatic hydroxyl groups excluding tert-OH is 1. The number of hydrogen-bond donors (Lipinski definition) is 2. The quantitative estimate of drug-likeness (QED) is 0.808. The highest BCUT2D eigenvalue weighted by atomic mass is 16.5. The monoisotopic (exact) mass is 291 g/mol. The number of carbonyl (C=O) groups is 1. The molecule has 4 heteroatoms. The molecule has 0 fully saturated rings. The molecule has 0 atom stereocenters. The summed E-state index contributed by atoms with van der Waals surface area (Å²) in [5.74, 6) is 0.641. The minimum atomic E-state index is -0.124. The van der Waals surface area contributed by atoms with E-state index in [1.807, 2.05) is 26.0 Å². The molecule has 1 aliphatic rings. The number of rotatable bonds is 7. The van der Waals surface area contributed by atoms with E-state index in [1.54, 1.807) is 0 Å². The topological polar surface area (TPSA) is 58.6 Å². The Kier molecular flexibility index (Phi) is 5.23. The van der Waals surface area contributed by atoms with Crippen molar-refractivity contribution in [2.75, 3.05) is 19.8 Å². The fourth-order valence-electron chi connectivity index (χ4n) is 2.57. The van der Waals surface area contributed by atoms with Crippen molar-refractivity contribution in [3.8, 4) is 5.75 Å². The molecule has 0 unspecified atom stereocenters. The maximum atomic E-state index is 11.8. The normalized spacial score (nSPS) is 13.9. The third-order valence-corrected chi connectivity index (χ3v) is 3.99. The molecular formula is C17H25NO3. The van der Waals surface area contributed by atoms with Crippen molar-refractivity contribution in [1.82, 2.24) is 5.32 Å². The summed E-state index contributed by atoms with van der Waals surface area (Å²) in [6.45, 7) is 4.75. The summed E-state index contributed by atoms with van der Waals surface area (Å²) in [6, 6.07) is 6.08. The Morgan fingerprint density at radius 2 is 2.10 bits per heavy atom. The van der Waals surface area contributed by atoms with Crippen LogP contribution in [0.15, 0.2) is 18.2 Å². The molecule has 1 aromatic carbocycles. The van der Waals surface area contributed by atoms with Gasteiger partial charge >= 0.3 is 0 Å². The van der Waals surface area contributed by atoms with Gasteiger partial charge in [-0.1, -0.05) is 19.9 Å². The Bertz CT molecular complexity index is 497. The number of aliphatic hydroxyl groups is 1. The summed E-state index contributed by atoms with van der Waals surface area (Å²) >= 11 is 0. The molecule has 0 radical (unpaired) electrons. The van der Waals surface area contributed by atoms with Crippen molar-refractivity contribution < 1.29 is 14.6 Å². The zero-order valence-electron chi connectivity index (χ0n) is 12.9. The van der Waals surface area contributed by atoms with Crippen LogP contribution in [0.1, 0.15) is 37.8 Å². The number of amides is 1. The van der Waals surface area contributed by atoms with Gasteiger partial charge in [0.2, 0.25) is 0 Å². The van der Waals surface area contributed by atoms with Crippen LogP contribution < -0.4 is 10.1 Å². The smallest absolute Gasteiger partial charge is 0.257 e. The average Bonchev–Trinajstić information content (AvgIpc) is 2.90. The van der Waals surface area contributed by atoms with Crippen molar-refractivity contribution in [2.24, 2.45) is 5.41 Å². The Hall–Kier alpha value is -1.55. The Morgan fingerprint density at radius 3 is 2.86 bits per heavy atom. The number of nitrogens with one attached hydrogen (secondary N) is 1. The fourth-order valence-corrected chi connectivity index (χ4v) is 2.57. The molecule has 1 amide bonds. The SMILES string of the molecule is CC(C)(CCO)CNC(=O)COc1ccc2c(c1)CCC2. The summed E-state index contributed by atoms with van der Waals surface area (Å²) in [6.07, 6.45) is 4.13.